The van der Waals surface area contributed by atoms with Crippen LogP contribution in [0.5, 0.6) is 0 Å². The van der Waals surface area contributed by atoms with Crippen molar-refractivity contribution in [1.29, 1.82) is 0 Å². The number of rotatable bonds is 6. The van der Waals surface area contributed by atoms with Gasteiger partial charge >= 0.3 is 5.97 Å². The zero-order chi connectivity index (χ0) is 33.5. The standard InChI is InChI=1S/C33H60N4O8/c1-21-18-33(6,42-8)29(45-30-27(39)25(34)17-22(2)44-30)23(3)28(40)32(4,5)31(41)43-16-10-13-37(15-14-36(7)20-21)26(38)19-35-24-11-9-12-24/h21-25,27,29-30,35,39H,9-20,34H2,1-8H3/t21-,22-,23+,25+,27-,29-,30+,33-/m1/s1. The van der Waals surface area contributed by atoms with Crippen LogP contribution in [0.3, 0.4) is 0 Å². The maximum Gasteiger partial charge on any atom is 0.319 e. The first kappa shape index (κ1) is 37.8. The summed E-state index contributed by atoms with van der Waals surface area (Å²) in [4.78, 5) is 44.6. The van der Waals surface area contributed by atoms with E-state index in [2.05, 4.69) is 17.1 Å². The van der Waals surface area contributed by atoms with Gasteiger partial charge in [0.15, 0.2) is 12.1 Å². The lowest BCUT2D eigenvalue weighted by Gasteiger charge is -2.46. The molecule has 0 unspecified atom stereocenters. The van der Waals surface area contributed by atoms with Crippen LogP contribution in [0.4, 0.5) is 0 Å². The lowest BCUT2D eigenvalue weighted by Crippen LogP contribution is -2.59. The summed E-state index contributed by atoms with van der Waals surface area (Å²) < 4.78 is 24.2. The Kier molecular flexibility index (Phi) is 13.8. The van der Waals surface area contributed by atoms with E-state index >= 15 is 0 Å². The van der Waals surface area contributed by atoms with Crippen LogP contribution < -0.4 is 11.1 Å². The Morgan fingerprint density at radius 3 is 2.42 bits per heavy atom. The normalized spacial score (nSPS) is 37.0. The SMILES string of the molecule is CO[C@]1(C)C[C@@H](C)CN(C)CCN(C(=O)CNC2CCC2)CCCOC(=O)C(C)(C)C(=O)[C@H](C)[C@H]1O[C@@H]1O[C@H](C)C[C@H](N)[C@H]1O. The van der Waals surface area contributed by atoms with E-state index in [-0.39, 0.29) is 30.3 Å². The summed E-state index contributed by atoms with van der Waals surface area (Å²) in [6, 6.07) is -0.138. The first-order valence-corrected chi connectivity index (χ1v) is 16.8. The Bertz CT molecular complexity index is 994. The maximum atomic E-state index is 14.1. The number of nitrogens with two attached hydrogens (primary N) is 1. The number of aliphatic hydroxyl groups excluding tert-OH is 1. The third-order valence-electron chi connectivity index (χ3n) is 9.97. The zero-order valence-electron chi connectivity index (χ0n) is 28.9. The van der Waals surface area contributed by atoms with Crippen LogP contribution in [-0.2, 0) is 33.3 Å². The number of cyclic esters (lactones) is 1. The van der Waals surface area contributed by atoms with Crippen molar-refractivity contribution >= 4 is 17.7 Å². The van der Waals surface area contributed by atoms with Gasteiger partial charge in [-0.05, 0) is 72.8 Å². The second-order valence-electron chi connectivity index (χ2n) is 14.5. The van der Waals surface area contributed by atoms with Crippen LogP contribution in [0.2, 0.25) is 0 Å². The van der Waals surface area contributed by atoms with Gasteiger partial charge in [0.25, 0.3) is 0 Å². The van der Waals surface area contributed by atoms with Crippen molar-refractivity contribution in [1.82, 2.24) is 15.1 Å². The number of carbonyl (C=O) groups is 3. The summed E-state index contributed by atoms with van der Waals surface area (Å²) in [6.07, 6.45) is 1.57. The molecular formula is C33H60N4O8. The van der Waals surface area contributed by atoms with Crippen LogP contribution in [0, 0.1) is 17.3 Å². The van der Waals surface area contributed by atoms with Gasteiger partial charge in [-0.1, -0.05) is 20.3 Å². The number of nitrogens with one attached hydrogen (secondary N) is 1. The van der Waals surface area contributed by atoms with Gasteiger partial charge in [0, 0.05) is 51.3 Å². The fourth-order valence-electron chi connectivity index (χ4n) is 6.85. The number of amides is 1. The highest BCUT2D eigenvalue weighted by atomic mass is 16.7. The molecule has 8 atom stereocenters. The molecule has 1 amide bonds. The number of nitrogens with zero attached hydrogens (tertiary/aromatic N) is 2. The molecular weight excluding hydrogens is 580 g/mol. The summed E-state index contributed by atoms with van der Waals surface area (Å²) in [7, 11) is 3.61. The molecule has 2 aliphatic heterocycles. The molecule has 0 radical (unpaired) electrons. The molecule has 12 heteroatoms. The molecule has 2 saturated heterocycles. The van der Waals surface area contributed by atoms with Crippen LogP contribution in [0.15, 0.2) is 0 Å². The predicted molar refractivity (Wildman–Crippen MR) is 170 cm³/mol. The molecule has 12 nitrogen and oxygen atoms in total. The summed E-state index contributed by atoms with van der Waals surface area (Å²) in [6.45, 7) is 13.5. The molecule has 4 N–H and O–H groups in total. The molecule has 3 rings (SSSR count). The Morgan fingerprint density at radius 2 is 1.80 bits per heavy atom. The number of esters is 1. The number of likely N-dealkylation sites (N-methyl/N-ethyl adjacent to an activating group) is 1. The van der Waals surface area contributed by atoms with Gasteiger partial charge in [0.05, 0.1) is 31.0 Å². The lowest BCUT2D eigenvalue weighted by molar-refractivity contribution is -0.289. The molecule has 1 saturated carbocycles. The fraction of sp³-hybridized carbons (Fsp3) is 0.909. The fourth-order valence-corrected chi connectivity index (χ4v) is 6.85. The van der Waals surface area contributed by atoms with Crippen LogP contribution in [0.25, 0.3) is 0 Å². The van der Waals surface area contributed by atoms with Crippen LogP contribution >= 0.6 is 0 Å². The summed E-state index contributed by atoms with van der Waals surface area (Å²) in [5.41, 5.74) is 3.73. The molecule has 0 aromatic rings. The second kappa shape index (κ2) is 16.4. The zero-order valence-corrected chi connectivity index (χ0v) is 28.9. The molecule has 0 bridgehead atoms. The third kappa shape index (κ3) is 9.92. The van der Waals surface area contributed by atoms with Gasteiger partial charge in [0.1, 0.15) is 11.5 Å². The average molecular weight is 641 g/mol. The number of hydrogen-bond acceptors (Lipinski definition) is 11. The van der Waals surface area contributed by atoms with Crippen molar-refractivity contribution in [3.63, 3.8) is 0 Å². The highest BCUT2D eigenvalue weighted by molar-refractivity contribution is 6.04. The highest BCUT2D eigenvalue weighted by Gasteiger charge is 2.50. The molecule has 0 aromatic heterocycles. The molecule has 0 spiro atoms. The van der Waals surface area contributed by atoms with Gasteiger partial charge in [-0.25, -0.2) is 0 Å². The van der Waals surface area contributed by atoms with Crippen molar-refractivity contribution in [2.24, 2.45) is 23.0 Å². The Hall–Kier alpha value is -1.67. The average Bonchev–Trinajstić information content (AvgIpc) is 2.95. The van der Waals surface area contributed by atoms with E-state index in [0.29, 0.717) is 58.0 Å². The van der Waals surface area contributed by atoms with E-state index in [1.807, 2.05) is 25.8 Å². The topological polar surface area (TPSA) is 153 Å². The molecule has 45 heavy (non-hydrogen) atoms. The predicted octanol–water partition coefficient (Wildman–Crippen LogP) is 1.71. The largest absolute Gasteiger partial charge is 0.465 e. The Balaban J connectivity index is 1.87. The van der Waals surface area contributed by atoms with Gasteiger partial charge < -0.3 is 44.9 Å². The first-order chi connectivity index (χ1) is 21.1. The maximum absolute atomic E-state index is 14.1. The number of Topliss-reactive ketones (excluding diaryl/α,β-unsaturated/α-hetero) is 1. The number of hydrogen-bond donors (Lipinski definition) is 3. The van der Waals surface area contributed by atoms with Crippen LogP contribution in [0.1, 0.15) is 80.1 Å². The van der Waals surface area contributed by atoms with E-state index in [4.69, 9.17) is 24.7 Å². The van der Waals surface area contributed by atoms with E-state index < -0.39 is 47.4 Å². The summed E-state index contributed by atoms with van der Waals surface area (Å²) >= 11 is 0. The molecule has 2 heterocycles. The smallest absolute Gasteiger partial charge is 0.319 e. The van der Waals surface area contributed by atoms with Crippen LogP contribution in [-0.4, -0.2) is 128 Å². The van der Waals surface area contributed by atoms with Crippen molar-refractivity contribution in [2.45, 2.75) is 122 Å². The van der Waals surface area contributed by atoms with Gasteiger partial charge in [-0.2, -0.15) is 0 Å². The number of ether oxygens (including phenoxy) is 4. The van der Waals surface area contributed by atoms with E-state index in [1.54, 1.807) is 27.9 Å². The molecule has 3 aliphatic rings. The van der Waals surface area contributed by atoms with Crippen molar-refractivity contribution in [3.8, 4) is 0 Å². The molecule has 260 valence electrons. The number of ketones is 1. The number of carbonyl (C=O) groups excluding carboxylic acids is 3. The van der Waals surface area contributed by atoms with Crippen molar-refractivity contribution < 1.29 is 38.4 Å². The molecule has 1 aliphatic carbocycles. The first-order valence-electron chi connectivity index (χ1n) is 16.8. The number of methoxy groups -OCH3 is 1. The summed E-state index contributed by atoms with van der Waals surface area (Å²) in [5, 5.41) is 14.3. The van der Waals surface area contributed by atoms with Crippen molar-refractivity contribution in [2.75, 3.05) is 53.5 Å². The lowest BCUT2D eigenvalue weighted by atomic mass is 9.74. The Morgan fingerprint density at radius 1 is 1.11 bits per heavy atom. The molecule has 3 fully saturated rings. The summed E-state index contributed by atoms with van der Waals surface area (Å²) in [5.74, 6) is -1.69. The number of aliphatic hydroxyl groups is 1. The van der Waals surface area contributed by atoms with E-state index in [0.717, 1.165) is 12.8 Å². The van der Waals surface area contributed by atoms with Gasteiger partial charge in [-0.15, -0.1) is 0 Å². The van der Waals surface area contributed by atoms with Gasteiger partial charge in [0.2, 0.25) is 5.91 Å². The van der Waals surface area contributed by atoms with Crippen molar-refractivity contribution in [3.05, 3.63) is 0 Å². The molecule has 0 aromatic carbocycles. The minimum absolute atomic E-state index is 0.0324. The third-order valence-corrected chi connectivity index (χ3v) is 9.97. The quantitative estimate of drug-likeness (QED) is 0.287. The minimum Gasteiger partial charge on any atom is -0.465 e. The highest BCUT2D eigenvalue weighted by Crippen LogP contribution is 2.37. The monoisotopic (exact) mass is 640 g/mol. The minimum atomic E-state index is -1.48. The van der Waals surface area contributed by atoms with E-state index in [1.165, 1.54) is 6.42 Å². The Labute approximate surface area is 270 Å². The van der Waals surface area contributed by atoms with E-state index in [9.17, 15) is 19.5 Å². The van der Waals surface area contributed by atoms with Gasteiger partial charge in [-0.3, -0.25) is 14.4 Å². The second-order valence-corrected chi connectivity index (χ2v) is 14.5.